The van der Waals surface area contributed by atoms with Crippen LogP contribution < -0.4 is 5.32 Å². The van der Waals surface area contributed by atoms with Crippen LogP contribution in [0.2, 0.25) is 0 Å². The molecule has 0 unspecified atom stereocenters. The van der Waals surface area contributed by atoms with E-state index >= 15 is 0 Å². The maximum absolute atomic E-state index is 13.1. The highest BCUT2D eigenvalue weighted by atomic mass is 19.3. The Morgan fingerprint density at radius 1 is 1.39 bits per heavy atom. The van der Waals surface area contributed by atoms with Crippen LogP contribution in [0.15, 0.2) is 42.5 Å². The lowest BCUT2D eigenvalue weighted by Gasteiger charge is -2.08. The standard InChI is InChI=1S/C18H21F2NO2/c1-13(6-5-9-14-7-3-2-4-8-14)16(22)11-10-15-12-18(19,20)17(23)21-15/h2-4,7-8,10-11,13,15H,5-6,9,12H2,1H3,(H,21,23)/b11-10+/t13-,15+/m1/s1. The van der Waals surface area contributed by atoms with Gasteiger partial charge in [0.15, 0.2) is 5.78 Å². The van der Waals surface area contributed by atoms with E-state index in [2.05, 4.69) is 17.4 Å². The van der Waals surface area contributed by atoms with E-state index in [0.29, 0.717) is 0 Å². The van der Waals surface area contributed by atoms with E-state index in [1.807, 2.05) is 25.1 Å². The minimum absolute atomic E-state index is 0.0949. The van der Waals surface area contributed by atoms with Crippen LogP contribution >= 0.6 is 0 Å². The Hall–Kier alpha value is -2.04. The molecule has 0 saturated carbocycles. The minimum atomic E-state index is -3.33. The maximum atomic E-state index is 13.1. The summed E-state index contributed by atoms with van der Waals surface area (Å²) in [6, 6.07) is 9.27. The molecule has 0 radical (unpaired) electrons. The van der Waals surface area contributed by atoms with Crippen LogP contribution in [0.1, 0.15) is 31.7 Å². The van der Waals surface area contributed by atoms with Crippen molar-refractivity contribution in [2.45, 2.75) is 44.6 Å². The molecule has 2 rings (SSSR count). The zero-order valence-corrected chi connectivity index (χ0v) is 13.1. The van der Waals surface area contributed by atoms with Gasteiger partial charge in [-0.25, -0.2) is 0 Å². The summed E-state index contributed by atoms with van der Waals surface area (Å²) < 4.78 is 26.1. The quantitative estimate of drug-likeness (QED) is 0.783. The van der Waals surface area contributed by atoms with Crippen molar-refractivity contribution < 1.29 is 18.4 Å². The van der Waals surface area contributed by atoms with Crippen LogP contribution in [-0.4, -0.2) is 23.7 Å². The van der Waals surface area contributed by atoms with Crippen molar-refractivity contribution in [2.75, 3.05) is 0 Å². The third-order valence-electron chi connectivity index (χ3n) is 4.05. The van der Waals surface area contributed by atoms with E-state index in [4.69, 9.17) is 0 Å². The maximum Gasteiger partial charge on any atom is 0.326 e. The molecule has 1 aliphatic heterocycles. The molecule has 1 N–H and O–H groups in total. The van der Waals surface area contributed by atoms with Crippen molar-refractivity contribution in [3.63, 3.8) is 0 Å². The highest BCUT2D eigenvalue weighted by Gasteiger charge is 2.47. The highest BCUT2D eigenvalue weighted by molar-refractivity contribution is 5.92. The van der Waals surface area contributed by atoms with Gasteiger partial charge in [-0.15, -0.1) is 0 Å². The van der Waals surface area contributed by atoms with Crippen molar-refractivity contribution in [1.82, 2.24) is 5.32 Å². The first kappa shape index (κ1) is 17.3. The van der Waals surface area contributed by atoms with Crippen LogP contribution in [-0.2, 0) is 16.0 Å². The average molecular weight is 321 g/mol. The van der Waals surface area contributed by atoms with Gasteiger partial charge in [-0.05, 0) is 30.9 Å². The number of aryl methyl sites for hydroxylation is 1. The predicted molar refractivity (Wildman–Crippen MR) is 84.2 cm³/mol. The van der Waals surface area contributed by atoms with Crippen LogP contribution in [0.25, 0.3) is 0 Å². The first-order valence-electron chi connectivity index (χ1n) is 7.83. The summed E-state index contributed by atoms with van der Waals surface area (Å²) in [7, 11) is 0. The van der Waals surface area contributed by atoms with Crippen LogP contribution in [0, 0.1) is 5.92 Å². The lowest BCUT2D eigenvalue weighted by Crippen LogP contribution is -2.30. The van der Waals surface area contributed by atoms with Crippen molar-refractivity contribution in [3.8, 4) is 0 Å². The minimum Gasteiger partial charge on any atom is -0.344 e. The van der Waals surface area contributed by atoms with Gasteiger partial charge in [0.05, 0.1) is 6.04 Å². The molecule has 0 aliphatic carbocycles. The van der Waals surface area contributed by atoms with Gasteiger partial charge in [0, 0.05) is 12.3 Å². The number of hydrogen-bond donors (Lipinski definition) is 1. The third-order valence-corrected chi connectivity index (χ3v) is 4.05. The summed E-state index contributed by atoms with van der Waals surface area (Å²) in [5.41, 5.74) is 1.23. The summed E-state index contributed by atoms with van der Waals surface area (Å²) in [6.07, 6.45) is 4.65. The van der Waals surface area contributed by atoms with Crippen molar-refractivity contribution in [2.24, 2.45) is 5.92 Å². The molecule has 23 heavy (non-hydrogen) atoms. The Bertz CT molecular complexity index is 584. The molecule has 1 aliphatic rings. The number of allylic oxidation sites excluding steroid dienone is 1. The van der Waals surface area contributed by atoms with Gasteiger partial charge < -0.3 is 5.32 Å². The number of carbonyl (C=O) groups is 2. The number of halogens is 2. The first-order chi connectivity index (χ1) is 10.9. The second kappa shape index (κ2) is 7.49. The fourth-order valence-corrected chi connectivity index (χ4v) is 2.58. The molecule has 1 aromatic rings. The first-order valence-corrected chi connectivity index (χ1v) is 7.83. The number of nitrogens with one attached hydrogen (secondary N) is 1. The van der Waals surface area contributed by atoms with Gasteiger partial charge in [-0.3, -0.25) is 9.59 Å². The highest BCUT2D eigenvalue weighted by Crippen LogP contribution is 2.27. The second-order valence-electron chi connectivity index (χ2n) is 6.03. The summed E-state index contributed by atoms with van der Waals surface area (Å²) in [5, 5.41) is 2.18. The summed E-state index contributed by atoms with van der Waals surface area (Å²) in [4.78, 5) is 23.0. The lowest BCUT2D eigenvalue weighted by molar-refractivity contribution is -0.139. The zero-order valence-electron chi connectivity index (χ0n) is 13.1. The Morgan fingerprint density at radius 3 is 2.70 bits per heavy atom. The Labute approximate surface area is 134 Å². The van der Waals surface area contributed by atoms with E-state index in [1.54, 1.807) is 0 Å². The summed E-state index contributed by atoms with van der Waals surface area (Å²) >= 11 is 0. The zero-order chi connectivity index (χ0) is 16.9. The molecule has 0 bridgehead atoms. The number of amides is 1. The van der Waals surface area contributed by atoms with Crippen molar-refractivity contribution >= 4 is 11.7 Å². The number of carbonyl (C=O) groups excluding carboxylic acids is 2. The Balaban J connectivity index is 1.75. The number of alkyl halides is 2. The SMILES string of the molecule is C[C@H](CCCc1ccccc1)C(=O)/C=C/[C@H]1CC(F)(F)C(=O)N1. The number of hydrogen-bond acceptors (Lipinski definition) is 2. The van der Waals surface area contributed by atoms with Gasteiger partial charge in [0.25, 0.3) is 5.91 Å². The molecule has 0 spiro atoms. The molecule has 5 heteroatoms. The second-order valence-corrected chi connectivity index (χ2v) is 6.03. The van der Waals surface area contributed by atoms with Crippen LogP contribution in [0.3, 0.4) is 0 Å². The molecule has 3 nitrogen and oxygen atoms in total. The van der Waals surface area contributed by atoms with Gasteiger partial charge >= 0.3 is 5.92 Å². The number of benzene rings is 1. The molecule has 1 heterocycles. The van der Waals surface area contributed by atoms with Crippen LogP contribution in [0.4, 0.5) is 8.78 Å². The van der Waals surface area contributed by atoms with Gasteiger partial charge in [0.1, 0.15) is 0 Å². The lowest BCUT2D eigenvalue weighted by atomic mass is 9.97. The van der Waals surface area contributed by atoms with E-state index in [1.165, 1.54) is 17.7 Å². The van der Waals surface area contributed by atoms with E-state index < -0.39 is 24.3 Å². The van der Waals surface area contributed by atoms with Crippen molar-refractivity contribution in [3.05, 3.63) is 48.0 Å². The van der Waals surface area contributed by atoms with Gasteiger partial charge in [-0.2, -0.15) is 8.78 Å². The van der Waals surface area contributed by atoms with Crippen molar-refractivity contribution in [1.29, 1.82) is 0 Å². The van der Waals surface area contributed by atoms with E-state index in [-0.39, 0.29) is 11.7 Å². The van der Waals surface area contributed by atoms with Crippen LogP contribution in [0.5, 0.6) is 0 Å². The fourth-order valence-electron chi connectivity index (χ4n) is 2.58. The van der Waals surface area contributed by atoms with Gasteiger partial charge in [0.2, 0.25) is 0 Å². The number of ketones is 1. The molecule has 0 aromatic heterocycles. The molecule has 2 atom stereocenters. The molecular weight excluding hydrogens is 300 g/mol. The Morgan fingerprint density at radius 2 is 2.09 bits per heavy atom. The summed E-state index contributed by atoms with van der Waals surface area (Å²) in [5.74, 6) is -4.86. The molecule has 124 valence electrons. The molecule has 1 amide bonds. The topological polar surface area (TPSA) is 46.2 Å². The smallest absolute Gasteiger partial charge is 0.326 e. The fraction of sp³-hybridized carbons (Fsp3) is 0.444. The van der Waals surface area contributed by atoms with Gasteiger partial charge in [-0.1, -0.05) is 43.3 Å². The molecule has 1 saturated heterocycles. The van der Waals surface area contributed by atoms with E-state index in [0.717, 1.165) is 19.3 Å². The molecular formula is C18H21F2NO2. The largest absolute Gasteiger partial charge is 0.344 e. The number of rotatable bonds is 7. The van der Waals surface area contributed by atoms with E-state index in [9.17, 15) is 18.4 Å². The normalized spacial score (nSPS) is 21.3. The summed E-state index contributed by atoms with van der Waals surface area (Å²) in [6.45, 7) is 1.83. The Kier molecular flexibility index (Phi) is 5.64. The molecule has 1 aromatic carbocycles. The third kappa shape index (κ3) is 4.98. The molecule has 1 fully saturated rings. The average Bonchev–Trinajstić information content (AvgIpc) is 2.78. The predicted octanol–water partition coefficient (Wildman–Crippen LogP) is 3.29. The monoisotopic (exact) mass is 321 g/mol.